The molecular weight excluding hydrogens is 1180 g/mol. The Morgan fingerprint density at radius 1 is 0.644 bits per heavy atom. The highest BCUT2D eigenvalue weighted by Gasteiger charge is 2.36. The number of anilines is 2. The van der Waals surface area contributed by atoms with Crippen LogP contribution >= 0.6 is 33.2 Å². The van der Waals surface area contributed by atoms with E-state index >= 15 is 0 Å². The van der Waals surface area contributed by atoms with Crippen molar-refractivity contribution in [2.45, 2.75) is 100 Å². The number of phenols is 2. The molecule has 27 heteroatoms. The van der Waals surface area contributed by atoms with Crippen LogP contribution in [0.5, 0.6) is 11.5 Å². The van der Waals surface area contributed by atoms with Gasteiger partial charge in [0.1, 0.15) is 53.5 Å². The molecule has 16 N–H and O–H groups in total. The molecule has 0 radical (unpaired) electrons. The van der Waals surface area contributed by atoms with Crippen LogP contribution in [0.1, 0.15) is 48.4 Å². The van der Waals surface area contributed by atoms with E-state index in [1.165, 1.54) is 55.5 Å². The van der Waals surface area contributed by atoms with E-state index in [1.807, 2.05) is 0 Å². The van der Waals surface area contributed by atoms with Gasteiger partial charge in [0.2, 0.25) is 35.4 Å². The van der Waals surface area contributed by atoms with Gasteiger partial charge in [-0.1, -0.05) is 99.9 Å². The summed E-state index contributed by atoms with van der Waals surface area (Å²) >= 11 is 6.09. The zero-order chi connectivity index (χ0) is 63.0. The van der Waals surface area contributed by atoms with Crippen LogP contribution in [0.25, 0.3) is 0 Å². The number of hydrogen-bond acceptors (Lipinski definition) is 16. The van der Waals surface area contributed by atoms with Crippen LogP contribution in [0.15, 0.2) is 132 Å². The predicted molar refractivity (Wildman–Crippen MR) is 334 cm³/mol. The van der Waals surface area contributed by atoms with Gasteiger partial charge in [-0.05, 0) is 129 Å². The van der Waals surface area contributed by atoms with Crippen molar-refractivity contribution in [1.29, 1.82) is 0 Å². The van der Waals surface area contributed by atoms with Crippen molar-refractivity contribution in [3.63, 3.8) is 0 Å². The van der Waals surface area contributed by atoms with E-state index in [0.29, 0.717) is 58.0 Å². The van der Waals surface area contributed by atoms with Crippen molar-refractivity contribution in [1.82, 2.24) is 37.2 Å². The summed E-state index contributed by atoms with van der Waals surface area (Å²) in [6, 6.07) is 22.1. The minimum absolute atomic E-state index is 0.0178. The Morgan fingerprint density at radius 2 is 1.16 bits per heavy atom. The number of aliphatic hydroxyl groups excluding tert-OH is 1. The number of aromatic hydroxyl groups is 2. The lowest BCUT2D eigenvalue weighted by Crippen LogP contribution is -2.61. The number of benzene rings is 5. The lowest BCUT2D eigenvalue weighted by Gasteiger charge is -2.29. The number of unbranched alkanes of at least 4 members (excludes halogenated alkanes) is 1. The average molecular weight is 1250 g/mol. The minimum atomic E-state index is -1.78. The molecule has 10 amide bonds. The van der Waals surface area contributed by atoms with Crippen LogP contribution < -0.4 is 59.3 Å². The summed E-state index contributed by atoms with van der Waals surface area (Å²) in [5.41, 5.74) is 14.6. The molecule has 0 spiro atoms. The number of nitrogens with two attached hydrogens (primary N) is 2. The molecule has 24 nitrogen and oxygen atoms in total. The third-order valence-electron chi connectivity index (χ3n) is 13.5. The highest BCUT2D eigenvalue weighted by molar-refractivity contribution is 8.76. The molecule has 1 aliphatic rings. The Labute approximate surface area is 515 Å². The normalized spacial score (nSPS) is 20.0. The van der Waals surface area contributed by atoms with E-state index in [2.05, 4.69) is 52.8 Å². The Hall–Kier alpha value is -8.53. The molecule has 0 saturated carbocycles. The fourth-order valence-corrected chi connectivity index (χ4v) is 11.2. The SMILES string of the molecule is CNCCCC[C@@H]1NC(=O)[C@@H](Cc2ccc(NC(=O)Nc3ccccc3)cc2)NC(=O)[C@H](Cc2ccc(O)cc2)NC(=O)[C@H](NC(=O)[C@@H](N)Cc2ccc(Cl)cc2)CSSC[C@@H](C(=O)N=C(Cc2ccc(O)cc2)C(N)=O)NC(=O)[C@H]([C@@H](C)O)NC1=O. The second kappa shape index (κ2) is 34.0. The minimum Gasteiger partial charge on any atom is -0.508 e. The fourth-order valence-electron chi connectivity index (χ4n) is 8.75. The number of hydrogen-bond donors (Lipinski definition) is 14. The maximum atomic E-state index is 14.9. The summed E-state index contributed by atoms with van der Waals surface area (Å²) in [4.78, 5) is 131. The first-order chi connectivity index (χ1) is 41.6. The maximum Gasteiger partial charge on any atom is 0.323 e. The molecular formula is C60H71ClN12O12S2. The number of nitrogens with one attached hydrogen (secondary N) is 9. The molecule has 87 heavy (non-hydrogen) atoms. The standard InChI is InChI=1S/C60H71ClN12O12S2/c1-34(74)51-59(84)72-50(57(82)68-46(52(63)77)29-37-15-23-42(75)24-16-37)33-87-86-32-49(71-53(78)44(62)28-35-11-19-39(61)20-12-35)58(83)70-48(31-38-17-25-43(76)26-18-38)56(81)69-47(55(80)67-45(54(79)73-51)10-6-7-27-64-2)30-36-13-21-41(22-14-36)66-60(85)65-40-8-4-3-5-9-40/h3-5,8-9,11-26,34,44-45,47-51,64,74-76H,6-7,10,27-33,62H2,1-2H3,(H2,63,77)(H,67,80)(H,69,81)(H,70,83)(H,71,78)(H,72,84)(H,73,79)(H2,65,66,85)/t34-,44+,45+,47-,48+,49-,50+,51+/m1/s1. The summed E-state index contributed by atoms with van der Waals surface area (Å²) < 4.78 is 0. The molecule has 1 aliphatic heterocycles. The molecule has 1 heterocycles. The Bertz CT molecular complexity index is 3200. The second-order valence-electron chi connectivity index (χ2n) is 20.5. The van der Waals surface area contributed by atoms with Gasteiger partial charge in [0.15, 0.2) is 0 Å². The topological polar surface area (TPSA) is 387 Å². The molecule has 1 fully saturated rings. The highest BCUT2D eigenvalue weighted by atomic mass is 35.5. The zero-order valence-corrected chi connectivity index (χ0v) is 50.0. The third-order valence-corrected chi connectivity index (χ3v) is 16.2. The Morgan fingerprint density at radius 3 is 1.74 bits per heavy atom. The number of urea groups is 1. The number of primary amides is 1. The van der Waals surface area contributed by atoms with Crippen LogP contribution in [0.4, 0.5) is 16.2 Å². The van der Waals surface area contributed by atoms with Crippen molar-refractivity contribution in [2.24, 2.45) is 16.5 Å². The zero-order valence-electron chi connectivity index (χ0n) is 47.6. The number of carbonyl (C=O) groups is 9. The predicted octanol–water partition coefficient (Wildman–Crippen LogP) is 2.52. The molecule has 1 saturated heterocycles. The lowest BCUT2D eigenvalue weighted by atomic mass is 10.0. The van der Waals surface area contributed by atoms with E-state index in [0.717, 1.165) is 21.6 Å². The number of carbonyl (C=O) groups excluding carboxylic acids is 9. The molecule has 5 aromatic carbocycles. The first-order valence-corrected chi connectivity index (χ1v) is 30.6. The van der Waals surface area contributed by atoms with Crippen LogP contribution in [-0.4, -0.2) is 148 Å². The smallest absolute Gasteiger partial charge is 0.323 e. The van der Waals surface area contributed by atoms with E-state index in [9.17, 15) is 58.5 Å². The Kier molecular flexibility index (Phi) is 26.4. The monoisotopic (exact) mass is 1250 g/mol. The number of para-hydroxylation sites is 1. The number of aliphatic imine (C=N–C) groups is 1. The molecule has 0 aromatic heterocycles. The molecule has 0 bridgehead atoms. The van der Waals surface area contributed by atoms with E-state index in [-0.39, 0.29) is 55.1 Å². The van der Waals surface area contributed by atoms with Gasteiger partial charge in [0, 0.05) is 47.2 Å². The third kappa shape index (κ3) is 22.4. The second-order valence-corrected chi connectivity index (χ2v) is 23.4. The summed E-state index contributed by atoms with van der Waals surface area (Å²) in [5, 5.41) is 56.0. The van der Waals surface area contributed by atoms with Gasteiger partial charge in [0.05, 0.1) is 12.1 Å². The van der Waals surface area contributed by atoms with E-state index in [4.69, 9.17) is 23.1 Å². The van der Waals surface area contributed by atoms with Gasteiger partial charge in [0.25, 0.3) is 11.8 Å². The van der Waals surface area contributed by atoms with Crippen LogP contribution in [-0.2, 0) is 64.0 Å². The van der Waals surface area contributed by atoms with Crippen molar-refractivity contribution in [3.05, 3.63) is 155 Å². The van der Waals surface area contributed by atoms with E-state index < -0.39 is 107 Å². The maximum absolute atomic E-state index is 14.9. The first kappa shape index (κ1) is 67.6. The van der Waals surface area contributed by atoms with Gasteiger partial charge in [-0.2, -0.15) is 0 Å². The molecule has 0 aliphatic carbocycles. The first-order valence-electron chi connectivity index (χ1n) is 27.7. The molecule has 0 unspecified atom stereocenters. The van der Waals surface area contributed by atoms with Gasteiger partial charge in [-0.3, -0.25) is 38.4 Å². The molecule has 5 aromatic rings. The number of amides is 10. The molecule has 8 atom stereocenters. The van der Waals surface area contributed by atoms with Gasteiger partial charge in [-0.25, -0.2) is 9.79 Å². The molecule has 6 rings (SSSR count). The highest BCUT2D eigenvalue weighted by Crippen LogP contribution is 2.25. The van der Waals surface area contributed by atoms with Crippen molar-refractivity contribution in [3.8, 4) is 11.5 Å². The van der Waals surface area contributed by atoms with Crippen LogP contribution in [0.3, 0.4) is 0 Å². The van der Waals surface area contributed by atoms with Crippen molar-refractivity contribution < 1.29 is 58.5 Å². The number of rotatable bonds is 20. The number of phenolic OH excluding ortho intramolecular Hbond substituents is 2. The van der Waals surface area contributed by atoms with Gasteiger partial charge >= 0.3 is 6.03 Å². The summed E-state index contributed by atoms with van der Waals surface area (Å²) in [5.74, 6) is -8.40. The number of aliphatic hydroxyl groups is 1. The van der Waals surface area contributed by atoms with Crippen molar-refractivity contribution >= 4 is 104 Å². The fraction of sp³-hybridized carbons (Fsp3) is 0.333. The number of nitrogens with zero attached hydrogens (tertiary/aromatic N) is 1. The summed E-state index contributed by atoms with van der Waals surface area (Å²) in [7, 11) is 3.60. The van der Waals surface area contributed by atoms with Crippen LogP contribution in [0, 0.1) is 0 Å². The largest absolute Gasteiger partial charge is 0.508 e. The average Bonchev–Trinajstić information content (AvgIpc) is 3.58. The van der Waals surface area contributed by atoms with Crippen LogP contribution in [0.2, 0.25) is 5.02 Å². The summed E-state index contributed by atoms with van der Waals surface area (Å²) in [6.07, 6.45) is -1.48. The molecule has 462 valence electrons. The Balaban J connectivity index is 1.40. The van der Waals surface area contributed by atoms with Gasteiger partial charge in [-0.15, -0.1) is 0 Å². The quantitative estimate of drug-likeness (QED) is 0.0302. The number of halogens is 1. The lowest BCUT2D eigenvalue weighted by molar-refractivity contribution is -0.136. The summed E-state index contributed by atoms with van der Waals surface area (Å²) in [6.45, 7) is 1.73. The van der Waals surface area contributed by atoms with Gasteiger partial charge < -0.3 is 74.6 Å². The van der Waals surface area contributed by atoms with Crippen molar-refractivity contribution in [2.75, 3.05) is 35.7 Å². The van der Waals surface area contributed by atoms with E-state index in [1.54, 1.807) is 85.9 Å².